The maximum absolute atomic E-state index is 12.4. The van der Waals surface area contributed by atoms with Crippen molar-refractivity contribution in [1.29, 1.82) is 0 Å². The first-order chi connectivity index (χ1) is 11.8. The molecule has 25 heavy (non-hydrogen) atoms. The third kappa shape index (κ3) is 3.77. The van der Waals surface area contributed by atoms with E-state index in [4.69, 9.17) is 11.2 Å². The number of terminal acetylenes is 1. The number of Topliss-reactive ketones (excluding diaryl/α,β-unsaturated/α-hetero) is 1. The Hall–Kier alpha value is -2.94. The zero-order valence-corrected chi connectivity index (χ0v) is 14.4. The van der Waals surface area contributed by atoms with Gasteiger partial charge in [0, 0.05) is 6.42 Å². The number of aliphatic hydroxyl groups is 1. The van der Waals surface area contributed by atoms with E-state index in [1.807, 2.05) is 0 Å². The third-order valence-corrected chi connectivity index (χ3v) is 4.02. The van der Waals surface area contributed by atoms with Gasteiger partial charge in [0.25, 0.3) is 0 Å². The van der Waals surface area contributed by atoms with Crippen LogP contribution in [0.1, 0.15) is 32.8 Å². The largest absolute Gasteiger partial charge is 0.509 e. The van der Waals surface area contributed by atoms with E-state index in [0.29, 0.717) is 11.3 Å². The Bertz CT molecular complexity index is 800. The van der Waals surface area contributed by atoms with E-state index in [-0.39, 0.29) is 24.5 Å². The molecule has 6 heteroatoms. The minimum Gasteiger partial charge on any atom is -0.509 e. The number of carbonyl (C=O) groups is 2. The van der Waals surface area contributed by atoms with Crippen molar-refractivity contribution < 1.29 is 19.4 Å². The number of azo groups is 1. The first-order valence-electron chi connectivity index (χ1n) is 7.92. The minimum atomic E-state index is -0.970. The molecule has 2 rings (SSSR count). The maximum Gasteiger partial charge on any atom is 0.317 e. The van der Waals surface area contributed by atoms with Crippen molar-refractivity contribution in [1.82, 2.24) is 0 Å². The van der Waals surface area contributed by atoms with E-state index in [1.54, 1.807) is 45.0 Å². The van der Waals surface area contributed by atoms with Crippen molar-refractivity contribution in [2.24, 2.45) is 21.6 Å². The number of ether oxygens (including phenoxy) is 1. The molecule has 1 unspecified atom stereocenters. The molecular formula is C19H20N2O4. The highest BCUT2D eigenvalue weighted by Gasteiger charge is 2.47. The van der Waals surface area contributed by atoms with Gasteiger partial charge < -0.3 is 9.84 Å². The van der Waals surface area contributed by atoms with Crippen LogP contribution in [-0.4, -0.2) is 23.5 Å². The lowest BCUT2D eigenvalue weighted by Crippen LogP contribution is -2.40. The van der Waals surface area contributed by atoms with Crippen LogP contribution in [0, 0.1) is 23.7 Å². The highest BCUT2D eigenvalue weighted by molar-refractivity contribution is 5.99. The fraction of sp³-hybridized carbons (Fsp3) is 0.368. The summed E-state index contributed by atoms with van der Waals surface area (Å²) in [5.74, 6) is 0.113. The number of carbonyl (C=O) groups excluding carboxylic acids is 2. The molecule has 1 atom stereocenters. The van der Waals surface area contributed by atoms with Gasteiger partial charge in [-0.25, -0.2) is 0 Å². The monoisotopic (exact) mass is 340 g/mol. The first kappa shape index (κ1) is 18.4. The second kappa shape index (κ2) is 7.31. The van der Waals surface area contributed by atoms with Gasteiger partial charge in [0.05, 0.1) is 12.2 Å². The number of ketones is 1. The van der Waals surface area contributed by atoms with Crippen molar-refractivity contribution >= 4 is 17.4 Å². The number of benzene rings is 1. The second-order valence-electron chi connectivity index (χ2n) is 6.37. The number of nitrogens with zero attached hydrogens (tertiary/aromatic N) is 2. The molecule has 0 fully saturated rings. The molecule has 0 amide bonds. The van der Waals surface area contributed by atoms with E-state index in [1.165, 1.54) is 0 Å². The average Bonchev–Trinajstić information content (AvgIpc) is 2.54. The molecule has 0 aromatic heterocycles. The molecular weight excluding hydrogens is 320 g/mol. The number of rotatable bonds is 4. The summed E-state index contributed by atoms with van der Waals surface area (Å²) < 4.78 is 5.03. The zero-order valence-electron chi connectivity index (χ0n) is 14.4. The van der Waals surface area contributed by atoms with E-state index in [9.17, 15) is 14.7 Å². The summed E-state index contributed by atoms with van der Waals surface area (Å²) >= 11 is 0. The summed E-state index contributed by atoms with van der Waals surface area (Å²) in [6.07, 6.45) is 5.45. The summed E-state index contributed by atoms with van der Waals surface area (Å²) in [5, 5.41) is 18.4. The standard InChI is InChI=1S/C19H20N2O4/c1-5-12-9-7-8-10-13(12)20-21-16-14(22)11-19(3,4)15(17(16)23)18(24)25-6-2/h1,7-10,15,23H,6,11H2,2-4H3. The lowest BCUT2D eigenvalue weighted by atomic mass is 9.70. The molecule has 1 N–H and O–H groups in total. The van der Waals surface area contributed by atoms with Gasteiger partial charge in [0.2, 0.25) is 0 Å². The Labute approximate surface area is 146 Å². The summed E-state index contributed by atoms with van der Waals surface area (Å²) in [4.78, 5) is 24.6. The fourth-order valence-electron chi connectivity index (χ4n) is 2.80. The van der Waals surface area contributed by atoms with Crippen LogP contribution in [0.15, 0.2) is 46.0 Å². The van der Waals surface area contributed by atoms with Crippen molar-refractivity contribution in [2.75, 3.05) is 6.61 Å². The van der Waals surface area contributed by atoms with Crippen LogP contribution in [0.4, 0.5) is 5.69 Å². The molecule has 1 aromatic rings. The molecule has 1 aliphatic carbocycles. The van der Waals surface area contributed by atoms with Crippen LogP contribution >= 0.6 is 0 Å². The van der Waals surface area contributed by atoms with Crippen molar-refractivity contribution in [3.63, 3.8) is 0 Å². The molecule has 1 aliphatic rings. The Morgan fingerprint density at radius 1 is 1.40 bits per heavy atom. The number of hydrogen-bond donors (Lipinski definition) is 1. The lowest BCUT2D eigenvalue weighted by Gasteiger charge is -2.35. The van der Waals surface area contributed by atoms with Crippen LogP contribution in [0.5, 0.6) is 0 Å². The van der Waals surface area contributed by atoms with Gasteiger partial charge in [-0.1, -0.05) is 31.9 Å². The number of allylic oxidation sites excluding steroid dienone is 1. The van der Waals surface area contributed by atoms with E-state index in [2.05, 4.69) is 16.1 Å². The molecule has 1 aromatic carbocycles. The topological polar surface area (TPSA) is 88.3 Å². The van der Waals surface area contributed by atoms with Crippen LogP contribution < -0.4 is 0 Å². The van der Waals surface area contributed by atoms with E-state index in [0.717, 1.165) is 0 Å². The molecule has 6 nitrogen and oxygen atoms in total. The van der Waals surface area contributed by atoms with Crippen LogP contribution in [0.2, 0.25) is 0 Å². The number of esters is 1. The zero-order chi connectivity index (χ0) is 18.6. The Kier molecular flexibility index (Phi) is 5.38. The van der Waals surface area contributed by atoms with Gasteiger partial charge >= 0.3 is 5.97 Å². The number of hydrogen-bond acceptors (Lipinski definition) is 6. The first-order valence-corrected chi connectivity index (χ1v) is 7.92. The summed E-state index contributed by atoms with van der Waals surface area (Å²) in [6.45, 7) is 5.31. The summed E-state index contributed by atoms with van der Waals surface area (Å²) in [6, 6.07) is 6.83. The van der Waals surface area contributed by atoms with Crippen molar-refractivity contribution in [3.8, 4) is 12.3 Å². The van der Waals surface area contributed by atoms with Crippen molar-refractivity contribution in [3.05, 3.63) is 41.3 Å². The maximum atomic E-state index is 12.4. The van der Waals surface area contributed by atoms with Gasteiger partial charge in [-0.3, -0.25) is 9.59 Å². The van der Waals surface area contributed by atoms with E-state index < -0.39 is 23.1 Å². The van der Waals surface area contributed by atoms with Gasteiger partial charge in [0.15, 0.2) is 11.5 Å². The van der Waals surface area contributed by atoms with Crippen LogP contribution in [-0.2, 0) is 14.3 Å². The smallest absolute Gasteiger partial charge is 0.317 e. The molecule has 130 valence electrons. The van der Waals surface area contributed by atoms with Crippen LogP contribution in [0.25, 0.3) is 0 Å². The van der Waals surface area contributed by atoms with Crippen LogP contribution in [0.3, 0.4) is 0 Å². The Morgan fingerprint density at radius 2 is 2.08 bits per heavy atom. The highest BCUT2D eigenvalue weighted by atomic mass is 16.5. The molecule has 0 radical (unpaired) electrons. The molecule has 0 aliphatic heterocycles. The molecule has 0 heterocycles. The quantitative estimate of drug-likeness (QED) is 0.514. The molecule has 0 saturated carbocycles. The van der Waals surface area contributed by atoms with E-state index >= 15 is 0 Å². The SMILES string of the molecule is C#Cc1ccccc1N=NC1=C(O)C(C(=O)OCC)C(C)(C)CC1=O. The fourth-order valence-corrected chi connectivity index (χ4v) is 2.80. The molecule has 0 saturated heterocycles. The highest BCUT2D eigenvalue weighted by Crippen LogP contribution is 2.42. The normalized spacial score (nSPS) is 19.8. The predicted molar refractivity (Wildman–Crippen MR) is 92.1 cm³/mol. The van der Waals surface area contributed by atoms with Gasteiger partial charge in [-0.05, 0) is 24.5 Å². The predicted octanol–water partition coefficient (Wildman–Crippen LogP) is 3.70. The third-order valence-electron chi connectivity index (χ3n) is 4.02. The van der Waals surface area contributed by atoms with Gasteiger partial charge in [-0.2, -0.15) is 0 Å². The summed E-state index contributed by atoms with van der Waals surface area (Å²) in [5.41, 5.74) is -0.0971. The minimum absolute atomic E-state index is 0.0473. The molecule has 0 bridgehead atoms. The number of aliphatic hydroxyl groups excluding tert-OH is 1. The Balaban J connectivity index is 2.45. The summed E-state index contributed by atoms with van der Waals surface area (Å²) in [7, 11) is 0. The second-order valence-corrected chi connectivity index (χ2v) is 6.37. The van der Waals surface area contributed by atoms with Crippen molar-refractivity contribution in [2.45, 2.75) is 27.2 Å². The average molecular weight is 340 g/mol. The van der Waals surface area contributed by atoms with Gasteiger partial charge in [-0.15, -0.1) is 16.7 Å². The molecule has 0 spiro atoms. The van der Waals surface area contributed by atoms with Gasteiger partial charge in [0.1, 0.15) is 17.4 Å². The lowest BCUT2D eigenvalue weighted by molar-refractivity contribution is -0.152. The Morgan fingerprint density at radius 3 is 2.72 bits per heavy atom.